The maximum absolute atomic E-state index is 12.4. The molecule has 5 heteroatoms. The average Bonchev–Trinajstić information content (AvgIpc) is 2.67. The lowest BCUT2D eigenvalue weighted by molar-refractivity contribution is 0.0690. The number of alkyl halides is 1. The number of aryl methyl sites for hydroxylation is 2. The molecule has 0 N–H and O–H groups in total. The predicted octanol–water partition coefficient (Wildman–Crippen LogP) is 3.01. The van der Waals surface area contributed by atoms with E-state index in [2.05, 4.69) is 20.9 Å². The van der Waals surface area contributed by atoms with Crippen LogP contribution < -0.4 is 0 Å². The highest BCUT2D eigenvalue weighted by atomic mass is 79.9. The number of aromatic nitrogens is 1. The first kappa shape index (κ1) is 13.0. The molecular weight excluding hydrogens is 300 g/mol. The number of hydrogen-bond acceptors (Lipinski definition) is 3. The van der Waals surface area contributed by atoms with Crippen LogP contribution in [0, 0.1) is 19.8 Å². The second-order valence-corrected chi connectivity index (χ2v) is 6.41. The Hall–Kier alpha value is -0.420. The van der Waals surface area contributed by atoms with Crippen molar-refractivity contribution in [2.45, 2.75) is 26.7 Å². The SMILES string of the molecule is Cc1nc(C)c(C(=O)N2CCCC(CBr)C2)s1. The van der Waals surface area contributed by atoms with E-state index < -0.39 is 0 Å². The van der Waals surface area contributed by atoms with Crippen LogP contribution in [0.15, 0.2) is 0 Å². The molecule has 1 fully saturated rings. The third-order valence-electron chi connectivity index (χ3n) is 3.12. The Morgan fingerprint density at radius 2 is 2.35 bits per heavy atom. The molecule has 1 unspecified atom stereocenters. The van der Waals surface area contributed by atoms with Crippen molar-refractivity contribution in [2.75, 3.05) is 18.4 Å². The monoisotopic (exact) mass is 316 g/mol. The van der Waals surface area contributed by atoms with Gasteiger partial charge in [0.05, 0.1) is 10.7 Å². The van der Waals surface area contributed by atoms with Gasteiger partial charge in [0.2, 0.25) is 0 Å². The van der Waals surface area contributed by atoms with Crippen LogP contribution >= 0.6 is 27.3 Å². The second kappa shape index (κ2) is 5.48. The summed E-state index contributed by atoms with van der Waals surface area (Å²) >= 11 is 5.03. The Morgan fingerprint density at radius 1 is 1.59 bits per heavy atom. The molecule has 2 heterocycles. The van der Waals surface area contributed by atoms with Crippen molar-refractivity contribution in [1.29, 1.82) is 0 Å². The maximum Gasteiger partial charge on any atom is 0.265 e. The van der Waals surface area contributed by atoms with Gasteiger partial charge in [-0.25, -0.2) is 4.98 Å². The van der Waals surface area contributed by atoms with Crippen molar-refractivity contribution in [3.63, 3.8) is 0 Å². The first-order valence-electron chi connectivity index (χ1n) is 5.91. The fraction of sp³-hybridized carbons (Fsp3) is 0.667. The minimum Gasteiger partial charge on any atom is -0.338 e. The number of thiazole rings is 1. The summed E-state index contributed by atoms with van der Waals surface area (Å²) in [5.41, 5.74) is 0.874. The number of hydrogen-bond donors (Lipinski definition) is 0. The number of likely N-dealkylation sites (tertiary alicyclic amines) is 1. The first-order chi connectivity index (χ1) is 8.11. The quantitative estimate of drug-likeness (QED) is 0.786. The van der Waals surface area contributed by atoms with Gasteiger partial charge in [-0.15, -0.1) is 11.3 Å². The summed E-state index contributed by atoms with van der Waals surface area (Å²) in [6.45, 7) is 5.63. The van der Waals surface area contributed by atoms with Crippen LogP contribution in [0.25, 0.3) is 0 Å². The van der Waals surface area contributed by atoms with Gasteiger partial charge in [-0.3, -0.25) is 4.79 Å². The van der Waals surface area contributed by atoms with Crippen molar-refractivity contribution < 1.29 is 4.79 Å². The van der Waals surface area contributed by atoms with Gasteiger partial charge in [-0.2, -0.15) is 0 Å². The molecule has 0 radical (unpaired) electrons. The van der Waals surface area contributed by atoms with Crippen LogP contribution in [0.2, 0.25) is 0 Å². The summed E-state index contributed by atoms with van der Waals surface area (Å²) in [6.07, 6.45) is 2.33. The maximum atomic E-state index is 12.4. The van der Waals surface area contributed by atoms with Gasteiger partial charge < -0.3 is 4.90 Å². The number of halogens is 1. The molecule has 1 amide bonds. The zero-order valence-electron chi connectivity index (χ0n) is 10.2. The molecule has 0 spiro atoms. The third-order valence-corrected chi connectivity index (χ3v) is 5.10. The Kier molecular flexibility index (Phi) is 4.20. The highest BCUT2D eigenvalue weighted by molar-refractivity contribution is 9.09. The molecule has 0 aliphatic carbocycles. The lowest BCUT2D eigenvalue weighted by Gasteiger charge is -2.31. The molecular formula is C12H17BrN2OS. The number of nitrogens with zero attached hydrogens (tertiary/aromatic N) is 2. The van der Waals surface area contributed by atoms with E-state index in [-0.39, 0.29) is 5.91 Å². The number of piperidine rings is 1. The molecule has 1 aliphatic rings. The molecule has 0 saturated carbocycles. The molecule has 3 nitrogen and oxygen atoms in total. The summed E-state index contributed by atoms with van der Waals surface area (Å²) in [6, 6.07) is 0. The van der Waals surface area contributed by atoms with Crippen LogP contribution in [0.1, 0.15) is 33.2 Å². The molecule has 1 aromatic heterocycles. The van der Waals surface area contributed by atoms with E-state index in [0.717, 1.165) is 40.4 Å². The van der Waals surface area contributed by atoms with Crippen LogP contribution in [-0.2, 0) is 0 Å². The van der Waals surface area contributed by atoms with Crippen LogP contribution in [0.5, 0.6) is 0 Å². The van der Waals surface area contributed by atoms with Crippen molar-refractivity contribution in [2.24, 2.45) is 5.92 Å². The van der Waals surface area contributed by atoms with Gasteiger partial charge in [-0.05, 0) is 32.6 Å². The van der Waals surface area contributed by atoms with E-state index in [1.54, 1.807) is 0 Å². The molecule has 1 aliphatic heterocycles. The normalized spacial score (nSPS) is 20.6. The minimum absolute atomic E-state index is 0.166. The second-order valence-electron chi connectivity index (χ2n) is 4.56. The Balaban J connectivity index is 2.12. The fourth-order valence-electron chi connectivity index (χ4n) is 2.25. The molecule has 1 atom stereocenters. The molecule has 0 aromatic carbocycles. The third kappa shape index (κ3) is 2.88. The van der Waals surface area contributed by atoms with Crippen LogP contribution in [0.4, 0.5) is 0 Å². The number of amides is 1. The smallest absolute Gasteiger partial charge is 0.265 e. The highest BCUT2D eigenvalue weighted by Gasteiger charge is 2.26. The lowest BCUT2D eigenvalue weighted by atomic mass is 10.00. The summed E-state index contributed by atoms with van der Waals surface area (Å²) in [5, 5.41) is 1.96. The van der Waals surface area contributed by atoms with E-state index in [1.165, 1.54) is 17.8 Å². The first-order valence-corrected chi connectivity index (χ1v) is 7.85. The molecule has 1 aromatic rings. The molecule has 2 rings (SSSR count). The van der Waals surface area contributed by atoms with Gasteiger partial charge in [0.1, 0.15) is 4.88 Å². The van der Waals surface area contributed by atoms with Gasteiger partial charge in [0.15, 0.2) is 0 Å². The standard InChI is InChI=1S/C12H17BrN2OS/c1-8-11(17-9(2)14-8)12(16)15-5-3-4-10(6-13)7-15/h10H,3-7H2,1-2H3. The number of carbonyl (C=O) groups excluding carboxylic acids is 1. The summed E-state index contributed by atoms with van der Waals surface area (Å²) in [7, 11) is 0. The molecule has 17 heavy (non-hydrogen) atoms. The van der Waals surface area contributed by atoms with Gasteiger partial charge in [0.25, 0.3) is 5.91 Å². The largest absolute Gasteiger partial charge is 0.338 e. The zero-order chi connectivity index (χ0) is 12.4. The lowest BCUT2D eigenvalue weighted by Crippen LogP contribution is -2.40. The van der Waals surface area contributed by atoms with Gasteiger partial charge in [0, 0.05) is 18.4 Å². The van der Waals surface area contributed by atoms with E-state index in [1.807, 2.05) is 18.7 Å². The fourth-order valence-corrected chi connectivity index (χ4v) is 3.67. The van der Waals surface area contributed by atoms with Crippen LogP contribution in [0.3, 0.4) is 0 Å². The Bertz CT molecular complexity index is 419. The van der Waals surface area contributed by atoms with E-state index in [9.17, 15) is 4.79 Å². The van der Waals surface area contributed by atoms with Gasteiger partial charge >= 0.3 is 0 Å². The van der Waals surface area contributed by atoms with Gasteiger partial charge in [-0.1, -0.05) is 15.9 Å². The number of rotatable bonds is 2. The summed E-state index contributed by atoms with van der Waals surface area (Å²) < 4.78 is 0. The Labute approximate surface area is 114 Å². The zero-order valence-corrected chi connectivity index (χ0v) is 12.6. The highest BCUT2D eigenvalue weighted by Crippen LogP contribution is 2.24. The van der Waals surface area contributed by atoms with Crippen molar-refractivity contribution in [1.82, 2.24) is 9.88 Å². The minimum atomic E-state index is 0.166. The molecule has 1 saturated heterocycles. The van der Waals surface area contributed by atoms with E-state index >= 15 is 0 Å². The Morgan fingerprint density at radius 3 is 2.94 bits per heavy atom. The van der Waals surface area contributed by atoms with E-state index in [0.29, 0.717) is 5.92 Å². The van der Waals surface area contributed by atoms with E-state index in [4.69, 9.17) is 0 Å². The predicted molar refractivity (Wildman–Crippen MR) is 74.0 cm³/mol. The van der Waals surface area contributed by atoms with Crippen molar-refractivity contribution in [3.05, 3.63) is 15.6 Å². The average molecular weight is 317 g/mol. The summed E-state index contributed by atoms with van der Waals surface area (Å²) in [5.74, 6) is 0.765. The molecule has 94 valence electrons. The molecule has 0 bridgehead atoms. The van der Waals surface area contributed by atoms with Crippen molar-refractivity contribution in [3.8, 4) is 0 Å². The topological polar surface area (TPSA) is 33.2 Å². The number of carbonyl (C=O) groups is 1. The van der Waals surface area contributed by atoms with Crippen LogP contribution in [-0.4, -0.2) is 34.2 Å². The summed E-state index contributed by atoms with van der Waals surface area (Å²) in [4.78, 5) is 19.5. The van der Waals surface area contributed by atoms with Crippen molar-refractivity contribution >= 4 is 33.2 Å².